The molecule has 126 valence electrons. The van der Waals surface area contributed by atoms with E-state index in [1.165, 1.54) is 10.4 Å². The van der Waals surface area contributed by atoms with E-state index in [0.29, 0.717) is 6.42 Å². The zero-order valence-corrected chi connectivity index (χ0v) is 15.5. The van der Waals surface area contributed by atoms with Crippen molar-refractivity contribution in [3.8, 4) is 10.4 Å². The van der Waals surface area contributed by atoms with Crippen LogP contribution in [0.5, 0.6) is 0 Å². The molecule has 2 aromatic heterocycles. The van der Waals surface area contributed by atoms with Gasteiger partial charge in [-0.3, -0.25) is 0 Å². The standard InChI is InChI=1S/C18H21N3OS2/c1-12-19-17(21-14(8-9-22)11-23-2)15-10-16(24-18(15)20-12)13-6-4-3-5-7-13/h3-7,10,14,22H,8-9,11H2,1-2H3,(H,19,20,21). The molecular weight excluding hydrogens is 338 g/mol. The van der Waals surface area contributed by atoms with Crippen LogP contribution in [-0.4, -0.2) is 39.7 Å². The van der Waals surface area contributed by atoms with E-state index in [2.05, 4.69) is 39.7 Å². The first-order valence-electron chi connectivity index (χ1n) is 7.91. The molecule has 0 amide bonds. The van der Waals surface area contributed by atoms with Crippen molar-refractivity contribution in [3.05, 3.63) is 42.2 Å². The fraction of sp³-hybridized carbons (Fsp3) is 0.333. The minimum atomic E-state index is 0.171. The summed E-state index contributed by atoms with van der Waals surface area (Å²) in [7, 11) is 0. The maximum atomic E-state index is 9.28. The predicted octanol–water partition coefficient (Wildman–Crippen LogP) is 4.19. The van der Waals surface area contributed by atoms with E-state index in [1.54, 1.807) is 23.1 Å². The van der Waals surface area contributed by atoms with Crippen LogP contribution >= 0.6 is 23.1 Å². The van der Waals surface area contributed by atoms with Crippen LogP contribution in [0.2, 0.25) is 0 Å². The van der Waals surface area contributed by atoms with Gasteiger partial charge >= 0.3 is 0 Å². The first-order valence-corrected chi connectivity index (χ1v) is 10.1. The molecule has 6 heteroatoms. The Morgan fingerprint density at radius 2 is 2.04 bits per heavy atom. The third-order valence-corrected chi connectivity index (χ3v) is 5.56. The van der Waals surface area contributed by atoms with Gasteiger partial charge in [-0.05, 0) is 31.2 Å². The van der Waals surface area contributed by atoms with E-state index in [9.17, 15) is 5.11 Å². The number of aromatic nitrogens is 2. The molecule has 0 radical (unpaired) electrons. The van der Waals surface area contributed by atoms with Gasteiger partial charge in [-0.1, -0.05) is 30.3 Å². The number of thiophene rings is 1. The number of nitrogens with one attached hydrogen (secondary N) is 1. The molecule has 24 heavy (non-hydrogen) atoms. The van der Waals surface area contributed by atoms with Crippen LogP contribution in [0.3, 0.4) is 0 Å². The van der Waals surface area contributed by atoms with Crippen molar-refractivity contribution in [1.29, 1.82) is 0 Å². The van der Waals surface area contributed by atoms with Crippen LogP contribution in [-0.2, 0) is 0 Å². The molecule has 0 fully saturated rings. The molecule has 4 nitrogen and oxygen atoms in total. The maximum absolute atomic E-state index is 9.28. The first kappa shape index (κ1) is 17.2. The van der Waals surface area contributed by atoms with E-state index >= 15 is 0 Å². The molecule has 0 aliphatic rings. The summed E-state index contributed by atoms with van der Waals surface area (Å²) in [5.74, 6) is 2.56. The van der Waals surface area contributed by atoms with Gasteiger partial charge in [-0.2, -0.15) is 11.8 Å². The van der Waals surface area contributed by atoms with Gasteiger partial charge < -0.3 is 10.4 Å². The summed E-state index contributed by atoms with van der Waals surface area (Å²) in [6.45, 7) is 2.09. The lowest BCUT2D eigenvalue weighted by Crippen LogP contribution is -2.24. The van der Waals surface area contributed by atoms with Gasteiger partial charge in [0.25, 0.3) is 0 Å². The number of aryl methyl sites for hydroxylation is 1. The molecule has 1 atom stereocenters. The van der Waals surface area contributed by atoms with Crippen molar-refractivity contribution in [1.82, 2.24) is 9.97 Å². The Balaban J connectivity index is 1.99. The summed E-state index contributed by atoms with van der Waals surface area (Å²) in [5, 5.41) is 13.8. The van der Waals surface area contributed by atoms with E-state index < -0.39 is 0 Å². The Morgan fingerprint density at radius 3 is 2.75 bits per heavy atom. The summed E-state index contributed by atoms with van der Waals surface area (Å²) in [6, 6.07) is 12.7. The van der Waals surface area contributed by atoms with Gasteiger partial charge in [0, 0.05) is 23.3 Å². The SMILES string of the molecule is CSCC(CCO)Nc1nc(C)nc2sc(-c3ccccc3)cc12. The summed E-state index contributed by atoms with van der Waals surface area (Å²) in [5.41, 5.74) is 1.19. The number of anilines is 1. The zero-order chi connectivity index (χ0) is 16.9. The minimum absolute atomic E-state index is 0.171. The van der Waals surface area contributed by atoms with Gasteiger partial charge in [0.05, 0.1) is 5.39 Å². The van der Waals surface area contributed by atoms with Crippen LogP contribution in [0.15, 0.2) is 36.4 Å². The average molecular weight is 360 g/mol. The molecule has 0 aliphatic carbocycles. The zero-order valence-electron chi connectivity index (χ0n) is 13.8. The highest BCUT2D eigenvalue weighted by Gasteiger charge is 2.15. The molecule has 0 saturated carbocycles. The van der Waals surface area contributed by atoms with Crippen LogP contribution in [0.25, 0.3) is 20.7 Å². The van der Waals surface area contributed by atoms with E-state index in [0.717, 1.165) is 27.6 Å². The first-order chi connectivity index (χ1) is 11.7. The van der Waals surface area contributed by atoms with Crippen molar-refractivity contribution in [3.63, 3.8) is 0 Å². The van der Waals surface area contributed by atoms with E-state index in [-0.39, 0.29) is 12.6 Å². The monoisotopic (exact) mass is 359 g/mol. The molecule has 0 aliphatic heterocycles. The molecule has 1 unspecified atom stereocenters. The molecule has 2 heterocycles. The van der Waals surface area contributed by atoms with Gasteiger partial charge in [-0.25, -0.2) is 9.97 Å². The van der Waals surface area contributed by atoms with Gasteiger partial charge in [0.15, 0.2) is 0 Å². The highest BCUT2D eigenvalue weighted by Crippen LogP contribution is 2.35. The van der Waals surface area contributed by atoms with Crippen LogP contribution in [0, 0.1) is 6.92 Å². The molecule has 1 aromatic carbocycles. The molecule has 0 bridgehead atoms. The Morgan fingerprint density at radius 1 is 1.25 bits per heavy atom. The number of hydrogen-bond donors (Lipinski definition) is 2. The third-order valence-electron chi connectivity index (χ3n) is 3.75. The van der Waals surface area contributed by atoms with E-state index in [4.69, 9.17) is 0 Å². The number of aliphatic hydroxyl groups is 1. The largest absolute Gasteiger partial charge is 0.396 e. The number of aliphatic hydroxyl groups excluding tert-OH is 1. The fourth-order valence-electron chi connectivity index (χ4n) is 2.63. The Kier molecular flexibility index (Phi) is 5.71. The van der Waals surface area contributed by atoms with Crippen molar-refractivity contribution < 1.29 is 5.11 Å². The molecule has 0 saturated heterocycles. The van der Waals surface area contributed by atoms with Crippen LogP contribution in [0.4, 0.5) is 5.82 Å². The number of benzene rings is 1. The second kappa shape index (κ2) is 7.96. The van der Waals surface area contributed by atoms with E-state index in [1.807, 2.05) is 25.1 Å². The normalized spacial score (nSPS) is 12.5. The Labute approximate surface area is 150 Å². The van der Waals surface area contributed by atoms with Crippen molar-refractivity contribution in [2.24, 2.45) is 0 Å². The average Bonchev–Trinajstić information content (AvgIpc) is 3.00. The quantitative estimate of drug-likeness (QED) is 0.662. The van der Waals surface area contributed by atoms with Crippen molar-refractivity contribution in [2.75, 3.05) is 23.9 Å². The van der Waals surface area contributed by atoms with Crippen molar-refractivity contribution in [2.45, 2.75) is 19.4 Å². The summed E-state index contributed by atoms with van der Waals surface area (Å²) >= 11 is 3.45. The lowest BCUT2D eigenvalue weighted by atomic mass is 10.2. The molecular formula is C18H21N3OS2. The lowest BCUT2D eigenvalue weighted by molar-refractivity contribution is 0.282. The topological polar surface area (TPSA) is 58.0 Å². The number of thioether (sulfide) groups is 1. The number of nitrogens with zero attached hydrogens (tertiary/aromatic N) is 2. The second-order valence-electron chi connectivity index (χ2n) is 5.62. The second-order valence-corrected chi connectivity index (χ2v) is 7.57. The Hall–Kier alpha value is -1.63. The number of hydrogen-bond acceptors (Lipinski definition) is 6. The van der Waals surface area contributed by atoms with Gasteiger partial charge in [-0.15, -0.1) is 11.3 Å². The minimum Gasteiger partial charge on any atom is -0.396 e. The number of fused-ring (bicyclic) bond motifs is 1. The summed E-state index contributed by atoms with van der Waals surface area (Å²) in [6.07, 6.45) is 2.78. The van der Waals surface area contributed by atoms with Crippen LogP contribution in [0.1, 0.15) is 12.2 Å². The maximum Gasteiger partial charge on any atom is 0.138 e. The molecule has 3 aromatic rings. The third kappa shape index (κ3) is 3.88. The van der Waals surface area contributed by atoms with Crippen LogP contribution < -0.4 is 5.32 Å². The summed E-state index contributed by atoms with van der Waals surface area (Å²) < 4.78 is 0. The van der Waals surface area contributed by atoms with Gasteiger partial charge in [0.1, 0.15) is 16.5 Å². The number of rotatable bonds is 7. The summed E-state index contributed by atoms with van der Waals surface area (Å²) in [4.78, 5) is 11.4. The highest BCUT2D eigenvalue weighted by molar-refractivity contribution is 7.98. The smallest absolute Gasteiger partial charge is 0.138 e. The molecule has 2 N–H and O–H groups in total. The highest BCUT2D eigenvalue weighted by atomic mass is 32.2. The molecule has 0 spiro atoms. The van der Waals surface area contributed by atoms with Crippen molar-refractivity contribution >= 4 is 39.1 Å². The Bertz CT molecular complexity index is 799. The molecule has 3 rings (SSSR count). The van der Waals surface area contributed by atoms with Gasteiger partial charge in [0.2, 0.25) is 0 Å². The lowest BCUT2D eigenvalue weighted by Gasteiger charge is -2.18. The fourth-order valence-corrected chi connectivity index (χ4v) is 4.37. The predicted molar refractivity (Wildman–Crippen MR) is 105 cm³/mol.